The van der Waals surface area contributed by atoms with Crippen LogP contribution in [0.15, 0.2) is 17.1 Å². The first kappa shape index (κ1) is 16.2. The average Bonchev–Trinajstić information content (AvgIpc) is 3.11. The number of rotatable bonds is 2. The third-order valence-corrected chi connectivity index (χ3v) is 5.45. The monoisotopic (exact) mass is 359 g/mol. The molecule has 1 atom stereocenters. The largest absolute Gasteiger partial charge is 0.454 e. The van der Waals surface area contributed by atoms with Gasteiger partial charge >= 0.3 is 0 Å². The second-order valence-corrected chi connectivity index (χ2v) is 6.95. The van der Waals surface area contributed by atoms with E-state index in [1.165, 1.54) is 11.8 Å². The quantitative estimate of drug-likeness (QED) is 0.800. The molecule has 0 saturated carbocycles. The molecule has 3 heterocycles. The van der Waals surface area contributed by atoms with Gasteiger partial charge in [0.05, 0.1) is 41.7 Å². The van der Waals surface area contributed by atoms with Crippen LogP contribution in [0.1, 0.15) is 5.56 Å². The molecule has 0 aromatic heterocycles. The number of nitriles is 1. The van der Waals surface area contributed by atoms with Crippen LogP contribution < -0.4 is 9.47 Å². The molecule has 0 bridgehead atoms. The fraction of sp³-hybridized carbons (Fsp3) is 0.471. The lowest BCUT2D eigenvalue weighted by Crippen LogP contribution is -2.41. The van der Waals surface area contributed by atoms with E-state index < -0.39 is 0 Å². The van der Waals surface area contributed by atoms with Crippen LogP contribution in [-0.4, -0.2) is 54.7 Å². The molecule has 3 aliphatic heterocycles. The number of morpholine rings is 1. The first-order valence-corrected chi connectivity index (χ1v) is 9.12. The maximum atomic E-state index is 12.3. The van der Waals surface area contributed by atoms with Crippen molar-refractivity contribution < 1.29 is 19.0 Å². The highest BCUT2D eigenvalue weighted by Crippen LogP contribution is 2.42. The number of amides is 1. The number of carbonyl (C=O) groups is 1. The molecule has 0 N–H and O–H groups in total. The van der Waals surface area contributed by atoms with Crippen LogP contribution in [0.4, 0.5) is 5.69 Å². The summed E-state index contributed by atoms with van der Waals surface area (Å²) in [4.78, 5) is 18.7. The Hall–Kier alpha value is -2.24. The first-order chi connectivity index (χ1) is 12.2. The fourth-order valence-electron chi connectivity index (χ4n) is 3.02. The Morgan fingerprint density at radius 2 is 2.08 bits per heavy atom. The second kappa shape index (κ2) is 6.94. The van der Waals surface area contributed by atoms with Crippen LogP contribution in [0.2, 0.25) is 0 Å². The predicted molar refractivity (Wildman–Crippen MR) is 92.3 cm³/mol. The fourth-order valence-corrected chi connectivity index (χ4v) is 3.97. The minimum atomic E-state index is -0.338. The van der Waals surface area contributed by atoms with Gasteiger partial charge in [0.15, 0.2) is 11.5 Å². The Balaban J connectivity index is 1.49. The number of aliphatic imine (C=N–C) groups is 1. The van der Waals surface area contributed by atoms with Gasteiger partial charge in [-0.05, 0) is 18.1 Å². The summed E-state index contributed by atoms with van der Waals surface area (Å²) < 4.78 is 16.0. The molecule has 1 aromatic carbocycles. The van der Waals surface area contributed by atoms with Gasteiger partial charge in [0, 0.05) is 19.2 Å². The summed E-state index contributed by atoms with van der Waals surface area (Å²) in [7, 11) is 0. The minimum absolute atomic E-state index is 0.0594. The second-order valence-electron chi connectivity index (χ2n) is 5.95. The molecule has 4 rings (SSSR count). The zero-order chi connectivity index (χ0) is 17.2. The number of hydrogen-bond donors (Lipinski definition) is 0. The third kappa shape index (κ3) is 3.30. The van der Waals surface area contributed by atoms with Gasteiger partial charge in [0.25, 0.3) is 0 Å². The summed E-state index contributed by atoms with van der Waals surface area (Å²) in [5.41, 5.74) is 1.76. The zero-order valence-electron chi connectivity index (χ0n) is 13.6. The molecule has 25 heavy (non-hydrogen) atoms. The number of thioether (sulfide) groups is 1. The normalized spacial score (nSPS) is 21.3. The average molecular weight is 359 g/mol. The summed E-state index contributed by atoms with van der Waals surface area (Å²) in [5, 5.41) is 10.2. The number of benzene rings is 1. The maximum Gasteiger partial charge on any atom is 0.233 e. The molecule has 1 unspecified atom stereocenters. The molecule has 130 valence electrons. The van der Waals surface area contributed by atoms with Gasteiger partial charge in [-0.2, -0.15) is 5.26 Å². The molecule has 1 amide bonds. The van der Waals surface area contributed by atoms with Gasteiger partial charge in [-0.3, -0.25) is 4.79 Å². The number of fused-ring (bicyclic) bond motifs is 2. The van der Waals surface area contributed by atoms with Crippen molar-refractivity contribution in [2.75, 3.05) is 38.8 Å². The Morgan fingerprint density at radius 3 is 2.84 bits per heavy atom. The van der Waals surface area contributed by atoms with E-state index in [4.69, 9.17) is 14.2 Å². The van der Waals surface area contributed by atoms with E-state index in [1.807, 2.05) is 12.1 Å². The maximum absolute atomic E-state index is 12.3. The van der Waals surface area contributed by atoms with Crippen molar-refractivity contribution in [2.24, 2.45) is 10.9 Å². The molecule has 8 heteroatoms. The number of ether oxygens (including phenoxy) is 3. The van der Waals surface area contributed by atoms with Crippen LogP contribution in [0.3, 0.4) is 0 Å². The Labute approximate surface area is 149 Å². The lowest BCUT2D eigenvalue weighted by Gasteiger charge is -2.27. The van der Waals surface area contributed by atoms with Crippen molar-refractivity contribution in [3.63, 3.8) is 0 Å². The molecule has 0 radical (unpaired) electrons. The van der Waals surface area contributed by atoms with Crippen molar-refractivity contribution in [1.29, 1.82) is 5.26 Å². The van der Waals surface area contributed by atoms with Gasteiger partial charge in [0.1, 0.15) is 0 Å². The smallest absolute Gasteiger partial charge is 0.233 e. The van der Waals surface area contributed by atoms with Crippen LogP contribution in [0.5, 0.6) is 11.5 Å². The summed E-state index contributed by atoms with van der Waals surface area (Å²) in [5.74, 6) is 1.38. The van der Waals surface area contributed by atoms with Crippen molar-refractivity contribution in [1.82, 2.24) is 4.90 Å². The van der Waals surface area contributed by atoms with Gasteiger partial charge in [-0.1, -0.05) is 11.8 Å². The zero-order valence-corrected chi connectivity index (χ0v) is 14.4. The van der Waals surface area contributed by atoms with E-state index in [-0.39, 0.29) is 24.4 Å². The van der Waals surface area contributed by atoms with E-state index in [0.717, 1.165) is 11.3 Å². The van der Waals surface area contributed by atoms with E-state index in [1.54, 1.807) is 4.90 Å². The summed E-state index contributed by atoms with van der Waals surface area (Å²) in [6.07, 6.45) is 0.569. The van der Waals surface area contributed by atoms with Crippen molar-refractivity contribution in [3.05, 3.63) is 17.7 Å². The van der Waals surface area contributed by atoms with Gasteiger partial charge < -0.3 is 19.1 Å². The highest BCUT2D eigenvalue weighted by atomic mass is 32.2. The summed E-state index contributed by atoms with van der Waals surface area (Å²) >= 11 is 1.35. The number of carbonyl (C=O) groups excluding carboxylic acids is 1. The van der Waals surface area contributed by atoms with Gasteiger partial charge in [-0.25, -0.2) is 4.99 Å². The topological polar surface area (TPSA) is 84.2 Å². The molecule has 3 aliphatic rings. The Morgan fingerprint density at radius 1 is 1.32 bits per heavy atom. The molecule has 0 aliphatic carbocycles. The highest BCUT2D eigenvalue weighted by molar-refractivity contribution is 8.14. The van der Waals surface area contributed by atoms with Gasteiger partial charge in [0.2, 0.25) is 12.7 Å². The van der Waals surface area contributed by atoms with Crippen molar-refractivity contribution in [2.45, 2.75) is 6.42 Å². The van der Waals surface area contributed by atoms with E-state index in [9.17, 15) is 10.1 Å². The molecule has 7 nitrogen and oxygen atoms in total. The molecular formula is C17H17N3O4S. The van der Waals surface area contributed by atoms with E-state index in [0.29, 0.717) is 49.3 Å². The van der Waals surface area contributed by atoms with E-state index >= 15 is 0 Å². The standard InChI is InChI=1S/C17H17N3O4S/c18-8-12-5-11-6-14-15(24-10-23-14)7-13(11)19-17(12)25-9-16(21)20-1-3-22-4-2-20/h6-7,12H,1-5,9-10H2. The first-order valence-electron chi connectivity index (χ1n) is 8.13. The molecular weight excluding hydrogens is 342 g/mol. The minimum Gasteiger partial charge on any atom is -0.454 e. The van der Waals surface area contributed by atoms with Crippen LogP contribution in [-0.2, 0) is 16.0 Å². The molecule has 1 fully saturated rings. The number of hydrogen-bond acceptors (Lipinski definition) is 7. The van der Waals surface area contributed by atoms with Crippen LogP contribution in [0, 0.1) is 17.2 Å². The Kier molecular flexibility index (Phi) is 4.51. The highest BCUT2D eigenvalue weighted by Gasteiger charge is 2.28. The molecule has 1 saturated heterocycles. The van der Waals surface area contributed by atoms with Crippen LogP contribution in [0.25, 0.3) is 0 Å². The Bertz CT molecular complexity index is 768. The lowest BCUT2D eigenvalue weighted by atomic mass is 9.97. The van der Waals surface area contributed by atoms with Crippen LogP contribution >= 0.6 is 11.8 Å². The summed E-state index contributed by atoms with van der Waals surface area (Å²) in [6.45, 7) is 2.62. The lowest BCUT2D eigenvalue weighted by molar-refractivity contribution is -0.132. The predicted octanol–water partition coefficient (Wildman–Crippen LogP) is 1.73. The van der Waals surface area contributed by atoms with Gasteiger partial charge in [-0.15, -0.1) is 0 Å². The SMILES string of the molecule is N#CC1Cc2cc3c(cc2N=C1SCC(=O)N1CCOCC1)OCO3. The number of nitrogens with zero attached hydrogens (tertiary/aromatic N) is 3. The molecule has 0 spiro atoms. The van der Waals surface area contributed by atoms with Crippen molar-refractivity contribution >= 4 is 28.4 Å². The van der Waals surface area contributed by atoms with E-state index in [2.05, 4.69) is 11.1 Å². The third-order valence-electron chi connectivity index (χ3n) is 4.39. The van der Waals surface area contributed by atoms with Crippen molar-refractivity contribution in [3.8, 4) is 17.6 Å². The molecule has 1 aromatic rings. The summed E-state index contributed by atoms with van der Waals surface area (Å²) in [6, 6.07) is 6.03.